The smallest absolute Gasteiger partial charge is 0.306 e. The molecule has 8 heteroatoms. The van der Waals surface area contributed by atoms with Crippen molar-refractivity contribution < 1.29 is 23.9 Å². The number of nitrogens with zero attached hydrogens (tertiary/aromatic N) is 1. The Morgan fingerprint density at radius 2 is 0.913 bits per heavy atom. The molecule has 3 aromatic rings. The Hall–Kier alpha value is -3.88. The minimum absolute atomic E-state index is 0.0487. The van der Waals surface area contributed by atoms with Crippen molar-refractivity contribution >= 4 is 29.5 Å². The van der Waals surface area contributed by atoms with E-state index in [-0.39, 0.29) is 34.0 Å². The molecule has 2 amide bonds. The Labute approximate surface area is 580 Å². The zero-order valence-corrected chi connectivity index (χ0v) is 69.9. The Balaban J connectivity index is -0.000000176. The number of nitrogens with one attached hydrogen (secondary N) is 1. The van der Waals surface area contributed by atoms with E-state index in [1.165, 1.54) is 65.5 Å². The lowest BCUT2D eigenvalue weighted by molar-refractivity contribution is -0.142. The fourth-order valence-corrected chi connectivity index (χ4v) is 8.02. The van der Waals surface area contributed by atoms with Gasteiger partial charge in [0.2, 0.25) is 11.8 Å². The van der Waals surface area contributed by atoms with E-state index >= 15 is 0 Å². The van der Waals surface area contributed by atoms with Gasteiger partial charge >= 0.3 is 5.97 Å². The van der Waals surface area contributed by atoms with Gasteiger partial charge in [0.15, 0.2) is 0 Å². The van der Waals surface area contributed by atoms with Gasteiger partial charge in [0.1, 0.15) is 0 Å². The highest BCUT2D eigenvalue weighted by Crippen LogP contribution is 2.25. The third-order valence-electron chi connectivity index (χ3n) is 11.9. The molecule has 0 aliphatic heterocycles. The lowest BCUT2D eigenvalue weighted by Crippen LogP contribution is -2.26. The van der Waals surface area contributed by atoms with Gasteiger partial charge in [-0.3, -0.25) is 14.4 Å². The van der Waals surface area contributed by atoms with Crippen LogP contribution in [-0.2, 0) is 43.1 Å². The lowest BCUT2D eigenvalue weighted by atomic mass is 9.86. The number of carbonyl (C=O) groups is 3. The molecule has 0 aliphatic rings. The number of esters is 1. The van der Waals surface area contributed by atoms with Crippen LogP contribution in [0, 0.1) is 74.9 Å². The van der Waals surface area contributed by atoms with Crippen molar-refractivity contribution in [3.05, 3.63) is 118 Å². The first-order valence-electron chi connectivity index (χ1n) is 34.1. The van der Waals surface area contributed by atoms with Crippen LogP contribution in [-0.4, -0.2) is 76.7 Å². The summed E-state index contributed by atoms with van der Waals surface area (Å²) in [7, 11) is 8.37. The van der Waals surface area contributed by atoms with Crippen LogP contribution in [0.1, 0.15) is 287 Å². The average Bonchev–Trinajstić information content (AvgIpc) is 1.10. The molecule has 1 N–H and O–H groups in total. The number of thioether (sulfide) groups is 1. The molecule has 0 aliphatic carbocycles. The van der Waals surface area contributed by atoms with Crippen molar-refractivity contribution in [2.45, 2.75) is 294 Å². The number of carbonyl (C=O) groups excluding carboxylic acids is 3. The first kappa shape index (κ1) is 102. The SMILES string of the molecule is C/C=C/CC(C)(C)C.CCC(C)(C)C.CN(C)C(=O)CC(C)(C)C.CNC(=O)CC(C)(C)C.COC(=O)CC(C)(C)C.COCC(C)(C)C.CSCC(C)(C)C.Cc1ccc(CC(C)(C)C)cc1.Cc1cccc(CC(C)(C)C)c1.Cc1ccccc1CC(C)(C)C. The zero-order valence-electron chi connectivity index (χ0n) is 69.1. The minimum Gasteiger partial charge on any atom is -0.469 e. The predicted octanol–water partition coefficient (Wildman–Crippen LogP) is 24.5. The molecule has 0 saturated carbocycles. The molecule has 0 spiro atoms. The third-order valence-corrected chi connectivity index (χ3v) is 13.0. The summed E-state index contributed by atoms with van der Waals surface area (Å²) in [6.07, 6.45) is 14.1. The number of amides is 2. The molecule has 0 saturated heterocycles. The van der Waals surface area contributed by atoms with Gasteiger partial charge in [0.25, 0.3) is 0 Å². The Morgan fingerprint density at radius 3 is 1.14 bits per heavy atom. The maximum Gasteiger partial charge on any atom is 0.306 e. The number of aryl methyl sites for hydroxylation is 3. The Kier molecular flexibility index (Phi) is 54.8. The van der Waals surface area contributed by atoms with E-state index < -0.39 is 0 Å². The summed E-state index contributed by atoms with van der Waals surface area (Å²) in [6, 6.07) is 26.2. The molecular formula is C84H158N2O5S. The summed E-state index contributed by atoms with van der Waals surface area (Å²) in [4.78, 5) is 34.0. The fraction of sp³-hybridized carbons (Fsp3) is 0.726. The molecule has 7 nitrogen and oxygen atoms in total. The summed E-state index contributed by atoms with van der Waals surface area (Å²) >= 11 is 1.91. The second-order valence-corrected chi connectivity index (χ2v) is 38.0. The third kappa shape index (κ3) is 94.8. The molecule has 0 bridgehead atoms. The van der Waals surface area contributed by atoms with Crippen LogP contribution in [0.25, 0.3) is 0 Å². The zero-order chi connectivity index (χ0) is 74.6. The van der Waals surface area contributed by atoms with Gasteiger partial charge in [-0.25, -0.2) is 0 Å². The topological polar surface area (TPSA) is 84.9 Å². The first-order chi connectivity index (χ1) is 40.9. The van der Waals surface area contributed by atoms with E-state index in [2.05, 4.69) is 302 Å². The highest BCUT2D eigenvalue weighted by atomic mass is 32.2. The summed E-state index contributed by atoms with van der Waals surface area (Å²) in [5, 5.41) is 2.58. The second kappa shape index (κ2) is 49.6. The van der Waals surface area contributed by atoms with Crippen LogP contribution in [0.2, 0.25) is 0 Å². The van der Waals surface area contributed by atoms with E-state index in [9.17, 15) is 14.4 Å². The highest BCUT2D eigenvalue weighted by molar-refractivity contribution is 7.98. The van der Waals surface area contributed by atoms with Gasteiger partial charge in [-0.2, -0.15) is 11.8 Å². The second-order valence-electron chi connectivity index (χ2n) is 37.1. The largest absolute Gasteiger partial charge is 0.469 e. The normalized spacial score (nSPS) is 11.7. The molecule has 0 heterocycles. The number of hydrogen-bond donors (Lipinski definition) is 1. The predicted molar refractivity (Wildman–Crippen MR) is 418 cm³/mol. The van der Waals surface area contributed by atoms with E-state index in [4.69, 9.17) is 4.74 Å². The van der Waals surface area contributed by atoms with Gasteiger partial charge in [-0.05, 0) is 142 Å². The van der Waals surface area contributed by atoms with Crippen LogP contribution in [0.15, 0.2) is 84.9 Å². The van der Waals surface area contributed by atoms with Gasteiger partial charge in [0.05, 0.1) is 20.1 Å². The molecule has 3 rings (SSSR count). The van der Waals surface area contributed by atoms with E-state index in [0.29, 0.717) is 57.2 Å². The monoisotopic (exact) mass is 1310 g/mol. The summed E-state index contributed by atoms with van der Waals surface area (Å²) in [6.45, 7) is 77.0. The molecule has 540 valence electrons. The van der Waals surface area contributed by atoms with Gasteiger partial charge < -0.3 is 19.7 Å². The van der Waals surface area contributed by atoms with E-state index in [1.54, 1.807) is 33.2 Å². The van der Waals surface area contributed by atoms with Crippen molar-refractivity contribution in [2.75, 3.05) is 54.0 Å². The van der Waals surface area contributed by atoms with Crippen molar-refractivity contribution in [3.63, 3.8) is 0 Å². The maximum absolute atomic E-state index is 11.1. The molecule has 0 fully saturated rings. The number of benzene rings is 3. The first-order valence-corrected chi connectivity index (χ1v) is 35.5. The number of ether oxygens (including phenoxy) is 2. The van der Waals surface area contributed by atoms with Gasteiger partial charge in [-0.15, -0.1) is 0 Å². The van der Waals surface area contributed by atoms with Crippen LogP contribution in [0.4, 0.5) is 0 Å². The van der Waals surface area contributed by atoms with Crippen LogP contribution in [0.5, 0.6) is 0 Å². The standard InChI is InChI=1S/3C12H18.C8H17NO.C8H16.C7H15NO.C7H14O2.C6H14O.C6H14S.C6H14/c1-10-5-7-11(8-6-10)9-12(2,3)4;1-10-6-5-7-11(8-10)9-12(2,3)4;1-10-7-5-6-8-11(10)9-12(2,3)4;1-8(2,3)6-7(10)9(4)5;1-5-6-7-8(2,3)4;1-7(2,3)5-6(9)8-4;1-7(2,3)5-6(8)9-4;2*1-6(2,3)5-7-4;1-5-6(2,3)4/h3*5-8H,9H2,1-4H3;6H2,1-5H3;5-6H,7H2,1-4H3;5H2,1-4H3,(H,8,9);5H2,1-4H3;2*5H2,1-4H3;5H2,1-4H3/b;;;;6-5+;;;;;. The van der Waals surface area contributed by atoms with Crippen LogP contribution < -0.4 is 5.32 Å². The Bertz CT molecular complexity index is 2260. The molecular weight excluding hydrogens is 1150 g/mol. The molecule has 3 aromatic carbocycles. The summed E-state index contributed by atoms with van der Waals surface area (Å²) in [5.41, 5.74) is 11.8. The molecule has 0 radical (unpaired) electrons. The van der Waals surface area contributed by atoms with E-state index in [1.807, 2.05) is 53.3 Å². The van der Waals surface area contributed by atoms with Crippen molar-refractivity contribution in [2.24, 2.45) is 54.1 Å². The molecule has 0 unspecified atom stereocenters. The molecule has 0 atom stereocenters. The van der Waals surface area contributed by atoms with Crippen LogP contribution >= 0.6 is 11.8 Å². The number of hydrogen-bond acceptors (Lipinski definition) is 6. The highest BCUT2D eigenvalue weighted by Gasteiger charge is 2.18. The minimum atomic E-state index is -0.137. The Morgan fingerprint density at radius 1 is 0.489 bits per heavy atom. The summed E-state index contributed by atoms with van der Waals surface area (Å²) in [5.74, 6) is 1.44. The van der Waals surface area contributed by atoms with Gasteiger partial charge in [-0.1, -0.05) is 317 Å². The molecule has 0 aromatic heterocycles. The van der Waals surface area contributed by atoms with Crippen molar-refractivity contribution in [1.29, 1.82) is 0 Å². The lowest BCUT2D eigenvalue weighted by Gasteiger charge is -2.19. The van der Waals surface area contributed by atoms with Gasteiger partial charge in [0, 0.05) is 41.1 Å². The maximum atomic E-state index is 11.1. The average molecular weight is 1310 g/mol. The number of methoxy groups -OCH3 is 2. The van der Waals surface area contributed by atoms with Crippen molar-refractivity contribution in [3.8, 4) is 0 Å². The molecule has 92 heavy (non-hydrogen) atoms. The summed E-state index contributed by atoms with van der Waals surface area (Å²) < 4.78 is 9.39. The quantitative estimate of drug-likeness (QED) is 0.170. The fourth-order valence-electron chi connectivity index (χ4n) is 7.16. The van der Waals surface area contributed by atoms with Crippen LogP contribution in [0.3, 0.4) is 0 Å². The van der Waals surface area contributed by atoms with E-state index in [0.717, 1.165) is 19.4 Å². The van der Waals surface area contributed by atoms with Crippen molar-refractivity contribution in [1.82, 2.24) is 10.2 Å². The number of allylic oxidation sites excluding steroid dienone is 2. The number of rotatable bonds is 9.